The number of amides is 1. The van der Waals surface area contributed by atoms with Crippen molar-refractivity contribution in [1.82, 2.24) is 10.0 Å². The van der Waals surface area contributed by atoms with E-state index in [2.05, 4.69) is 16.1 Å². The maximum atomic E-state index is 13.1. The molecule has 0 radical (unpaired) electrons. The van der Waals surface area contributed by atoms with Crippen LogP contribution in [-0.4, -0.2) is 33.6 Å². The zero-order valence-corrected chi connectivity index (χ0v) is 18.6. The van der Waals surface area contributed by atoms with Gasteiger partial charge in [0.2, 0.25) is 15.9 Å². The average molecular weight is 445 g/mol. The van der Waals surface area contributed by atoms with Gasteiger partial charge in [-0.3, -0.25) is 4.79 Å². The van der Waals surface area contributed by atoms with Crippen molar-refractivity contribution in [2.45, 2.75) is 50.1 Å². The zero-order valence-electron chi connectivity index (χ0n) is 17.8. The first-order chi connectivity index (χ1) is 14.8. The third kappa shape index (κ3) is 4.70. The minimum absolute atomic E-state index is 0.0400. The van der Waals surface area contributed by atoms with Crippen molar-refractivity contribution < 1.29 is 22.7 Å². The van der Waals surface area contributed by atoms with E-state index < -0.39 is 16.1 Å². The standard InChI is InChI=1S/C23H28N2O5S/c1-15(2)22(23(26)24-19-9-5-7-16-6-3-4-8-18(16)19)25-31(27,28)17-10-11-20-21(14-17)30-13-12-29-20/h3-4,6,8,10-11,14-15,19,22,25H,5,7,9,12-13H2,1-2H3,(H,24,26)/t19?,22-/m0/s1. The molecule has 2 aromatic carbocycles. The van der Waals surface area contributed by atoms with Crippen molar-refractivity contribution >= 4 is 15.9 Å². The smallest absolute Gasteiger partial charge is 0.241 e. The number of nitrogens with one attached hydrogen (secondary N) is 2. The quantitative estimate of drug-likeness (QED) is 0.715. The molecule has 2 aliphatic rings. The van der Waals surface area contributed by atoms with Crippen LogP contribution in [-0.2, 0) is 21.2 Å². The van der Waals surface area contributed by atoms with Crippen LogP contribution in [0.4, 0.5) is 0 Å². The van der Waals surface area contributed by atoms with Gasteiger partial charge in [-0.2, -0.15) is 4.72 Å². The van der Waals surface area contributed by atoms with Gasteiger partial charge in [0.25, 0.3) is 0 Å². The van der Waals surface area contributed by atoms with Gasteiger partial charge in [-0.15, -0.1) is 0 Å². The Hall–Kier alpha value is -2.58. The molecule has 1 amide bonds. The van der Waals surface area contributed by atoms with Gasteiger partial charge < -0.3 is 14.8 Å². The van der Waals surface area contributed by atoms with Gasteiger partial charge in [0.05, 0.1) is 10.9 Å². The Morgan fingerprint density at radius 3 is 2.58 bits per heavy atom. The maximum Gasteiger partial charge on any atom is 0.241 e. The van der Waals surface area contributed by atoms with Crippen LogP contribution >= 0.6 is 0 Å². The van der Waals surface area contributed by atoms with E-state index in [1.54, 1.807) is 6.07 Å². The molecule has 1 heterocycles. The lowest BCUT2D eigenvalue weighted by Gasteiger charge is -2.29. The lowest BCUT2D eigenvalue weighted by molar-refractivity contribution is -0.124. The summed E-state index contributed by atoms with van der Waals surface area (Å²) < 4.78 is 39.6. The first-order valence-electron chi connectivity index (χ1n) is 10.7. The van der Waals surface area contributed by atoms with E-state index in [4.69, 9.17) is 9.47 Å². The minimum Gasteiger partial charge on any atom is -0.486 e. The van der Waals surface area contributed by atoms with Crippen LogP contribution in [0, 0.1) is 5.92 Å². The van der Waals surface area contributed by atoms with Crippen LogP contribution in [0.3, 0.4) is 0 Å². The number of sulfonamides is 1. The Balaban J connectivity index is 1.52. The Labute approximate surface area is 183 Å². The number of aryl methyl sites for hydroxylation is 1. The molecule has 0 fully saturated rings. The van der Waals surface area contributed by atoms with Crippen LogP contribution in [0.25, 0.3) is 0 Å². The summed E-state index contributed by atoms with van der Waals surface area (Å²) in [5.74, 6) is 0.349. The summed E-state index contributed by atoms with van der Waals surface area (Å²) >= 11 is 0. The van der Waals surface area contributed by atoms with E-state index in [9.17, 15) is 13.2 Å². The van der Waals surface area contributed by atoms with E-state index in [-0.39, 0.29) is 22.8 Å². The summed E-state index contributed by atoms with van der Waals surface area (Å²) in [6.45, 7) is 4.44. The van der Waals surface area contributed by atoms with Gasteiger partial charge in [-0.05, 0) is 48.4 Å². The zero-order chi connectivity index (χ0) is 22.0. The number of carbonyl (C=O) groups excluding carboxylic acids is 1. The molecule has 0 aromatic heterocycles. The molecule has 2 aromatic rings. The second-order valence-corrected chi connectivity index (χ2v) is 10.0. The molecule has 7 nitrogen and oxygen atoms in total. The van der Waals surface area contributed by atoms with E-state index in [1.807, 2.05) is 32.0 Å². The fourth-order valence-electron chi connectivity index (χ4n) is 4.08. The first-order valence-corrected chi connectivity index (χ1v) is 12.1. The maximum absolute atomic E-state index is 13.1. The van der Waals surface area contributed by atoms with Crippen LogP contribution in [0.2, 0.25) is 0 Å². The molecule has 166 valence electrons. The van der Waals surface area contributed by atoms with Crippen LogP contribution < -0.4 is 19.5 Å². The molecule has 0 saturated carbocycles. The minimum atomic E-state index is -3.93. The van der Waals surface area contributed by atoms with Crippen molar-refractivity contribution in [1.29, 1.82) is 0 Å². The molecule has 1 aliphatic heterocycles. The summed E-state index contributed by atoms with van der Waals surface area (Å²) in [6.07, 6.45) is 2.81. The highest BCUT2D eigenvalue weighted by Crippen LogP contribution is 2.33. The van der Waals surface area contributed by atoms with Gasteiger partial charge in [0.1, 0.15) is 19.3 Å². The molecule has 4 rings (SSSR count). The number of fused-ring (bicyclic) bond motifs is 2. The van der Waals surface area contributed by atoms with E-state index in [1.165, 1.54) is 17.7 Å². The van der Waals surface area contributed by atoms with Gasteiger partial charge in [0, 0.05) is 6.07 Å². The molecular formula is C23H28N2O5S. The van der Waals surface area contributed by atoms with Crippen molar-refractivity contribution in [3.05, 3.63) is 53.6 Å². The molecule has 8 heteroatoms. The van der Waals surface area contributed by atoms with Gasteiger partial charge in [0.15, 0.2) is 11.5 Å². The SMILES string of the molecule is CC(C)[C@H](NS(=O)(=O)c1ccc2c(c1)OCCO2)C(=O)NC1CCCc2ccccc21. The largest absolute Gasteiger partial charge is 0.486 e. The number of benzene rings is 2. The fourth-order valence-corrected chi connectivity index (χ4v) is 5.44. The predicted octanol–water partition coefficient (Wildman–Crippen LogP) is 2.95. The van der Waals surface area contributed by atoms with Crippen molar-refractivity contribution in [2.24, 2.45) is 5.92 Å². The lowest BCUT2D eigenvalue weighted by Crippen LogP contribution is -2.50. The molecule has 0 spiro atoms. The molecule has 0 saturated heterocycles. The van der Waals surface area contributed by atoms with Crippen LogP contribution in [0.1, 0.15) is 43.9 Å². The molecule has 31 heavy (non-hydrogen) atoms. The third-order valence-corrected chi connectivity index (χ3v) is 7.18. The highest BCUT2D eigenvalue weighted by molar-refractivity contribution is 7.89. The first kappa shape index (κ1) is 21.6. The number of ether oxygens (including phenoxy) is 2. The summed E-state index contributed by atoms with van der Waals surface area (Å²) in [5.41, 5.74) is 2.34. The summed E-state index contributed by atoms with van der Waals surface area (Å²) in [5, 5.41) is 3.07. The third-order valence-electron chi connectivity index (χ3n) is 5.74. The van der Waals surface area contributed by atoms with Gasteiger partial charge in [-0.25, -0.2) is 8.42 Å². The van der Waals surface area contributed by atoms with Crippen molar-refractivity contribution in [2.75, 3.05) is 13.2 Å². The second kappa shape index (κ2) is 8.88. The Morgan fingerprint density at radius 1 is 1.06 bits per heavy atom. The average Bonchev–Trinajstić information content (AvgIpc) is 2.77. The molecule has 1 unspecified atom stereocenters. The van der Waals surface area contributed by atoms with Crippen molar-refractivity contribution in [3.63, 3.8) is 0 Å². The number of rotatable bonds is 6. The normalized spacial score (nSPS) is 18.9. The highest BCUT2D eigenvalue weighted by Gasteiger charge is 2.31. The van der Waals surface area contributed by atoms with Crippen LogP contribution in [0.5, 0.6) is 11.5 Å². The number of hydrogen-bond donors (Lipinski definition) is 2. The molecule has 1 aliphatic carbocycles. The summed E-state index contributed by atoms with van der Waals surface area (Å²) in [4.78, 5) is 13.2. The molecular weight excluding hydrogens is 416 g/mol. The second-order valence-electron chi connectivity index (χ2n) is 8.30. The van der Waals surface area contributed by atoms with E-state index >= 15 is 0 Å². The highest BCUT2D eigenvalue weighted by atomic mass is 32.2. The lowest BCUT2D eigenvalue weighted by atomic mass is 9.87. The van der Waals surface area contributed by atoms with E-state index in [0.717, 1.165) is 24.8 Å². The fraction of sp³-hybridized carbons (Fsp3) is 0.435. The van der Waals surface area contributed by atoms with Crippen molar-refractivity contribution in [3.8, 4) is 11.5 Å². The number of hydrogen-bond acceptors (Lipinski definition) is 5. The number of carbonyl (C=O) groups is 1. The Morgan fingerprint density at radius 2 is 1.81 bits per heavy atom. The predicted molar refractivity (Wildman–Crippen MR) is 117 cm³/mol. The summed E-state index contributed by atoms with van der Waals surface area (Å²) in [7, 11) is -3.93. The molecule has 2 atom stereocenters. The van der Waals surface area contributed by atoms with E-state index in [0.29, 0.717) is 24.7 Å². The summed E-state index contributed by atoms with van der Waals surface area (Å²) in [6, 6.07) is 11.5. The molecule has 2 N–H and O–H groups in total. The Kier molecular flexibility index (Phi) is 6.20. The molecule has 0 bridgehead atoms. The van der Waals surface area contributed by atoms with Crippen LogP contribution in [0.15, 0.2) is 47.4 Å². The topological polar surface area (TPSA) is 93.7 Å². The van der Waals surface area contributed by atoms with Gasteiger partial charge in [-0.1, -0.05) is 38.1 Å². The monoisotopic (exact) mass is 444 g/mol. The Bertz CT molecular complexity index is 1070. The van der Waals surface area contributed by atoms with Gasteiger partial charge >= 0.3 is 0 Å².